The lowest BCUT2D eigenvalue weighted by atomic mass is 10.4. The maximum absolute atomic E-state index is 11.9. The average Bonchev–Trinajstić information content (AvgIpc) is 2.76. The molecular weight excluding hydrogens is 282 g/mol. The van der Waals surface area contributed by atoms with E-state index in [1.54, 1.807) is 7.11 Å². The van der Waals surface area contributed by atoms with Crippen LogP contribution in [0.15, 0.2) is 0 Å². The van der Waals surface area contributed by atoms with Crippen molar-refractivity contribution in [1.82, 2.24) is 15.6 Å². The van der Waals surface area contributed by atoms with Crippen molar-refractivity contribution in [3.05, 3.63) is 4.88 Å². The van der Waals surface area contributed by atoms with Gasteiger partial charge in [-0.3, -0.25) is 9.59 Å². The van der Waals surface area contributed by atoms with Gasteiger partial charge in [0.25, 0.3) is 5.91 Å². The van der Waals surface area contributed by atoms with E-state index in [0.717, 1.165) is 0 Å². The fraction of sp³-hybridized carbons (Fsp3) is 0.545. The van der Waals surface area contributed by atoms with Crippen LogP contribution in [-0.4, -0.2) is 50.1 Å². The third-order valence-electron chi connectivity index (χ3n) is 2.23. The van der Waals surface area contributed by atoms with E-state index >= 15 is 0 Å². The standard InChI is InChI=1S/C11H19N5O3S/c1-7(17)13-3-4-14-10(18)8-9(12)16-11(20-8)15-5-6-19-2/h3-6,12H2,1-2H3,(H,13,17)(H,14,18)(H,15,16). The van der Waals surface area contributed by atoms with Crippen molar-refractivity contribution < 1.29 is 14.3 Å². The van der Waals surface area contributed by atoms with Crippen molar-refractivity contribution >= 4 is 34.1 Å². The van der Waals surface area contributed by atoms with Gasteiger partial charge in [0.05, 0.1) is 6.61 Å². The molecule has 0 radical (unpaired) electrons. The quantitative estimate of drug-likeness (QED) is 0.487. The first-order chi connectivity index (χ1) is 9.54. The van der Waals surface area contributed by atoms with Gasteiger partial charge in [-0.1, -0.05) is 11.3 Å². The second-order valence-electron chi connectivity index (χ2n) is 3.89. The second kappa shape index (κ2) is 8.33. The molecule has 0 aromatic carbocycles. The number of methoxy groups -OCH3 is 1. The molecule has 1 rings (SSSR count). The molecule has 20 heavy (non-hydrogen) atoms. The molecule has 0 saturated carbocycles. The summed E-state index contributed by atoms with van der Waals surface area (Å²) in [6.45, 7) is 3.26. The summed E-state index contributed by atoms with van der Waals surface area (Å²) in [6.07, 6.45) is 0. The molecule has 0 aliphatic heterocycles. The minimum Gasteiger partial charge on any atom is -0.383 e. The van der Waals surface area contributed by atoms with E-state index in [1.165, 1.54) is 18.3 Å². The van der Waals surface area contributed by atoms with E-state index in [1.807, 2.05) is 0 Å². The Bertz CT molecular complexity index is 463. The molecule has 0 atom stereocenters. The highest BCUT2D eigenvalue weighted by Crippen LogP contribution is 2.24. The highest BCUT2D eigenvalue weighted by atomic mass is 32.1. The lowest BCUT2D eigenvalue weighted by Crippen LogP contribution is -2.33. The van der Waals surface area contributed by atoms with Gasteiger partial charge in [0.2, 0.25) is 5.91 Å². The molecule has 2 amide bonds. The fourth-order valence-corrected chi connectivity index (χ4v) is 2.15. The molecule has 1 aromatic rings. The number of hydrogen-bond donors (Lipinski definition) is 4. The van der Waals surface area contributed by atoms with Crippen LogP contribution in [0.1, 0.15) is 16.6 Å². The number of thiazole rings is 1. The Morgan fingerprint density at radius 2 is 2.00 bits per heavy atom. The van der Waals surface area contributed by atoms with Gasteiger partial charge < -0.3 is 26.4 Å². The van der Waals surface area contributed by atoms with Crippen molar-refractivity contribution in [2.75, 3.05) is 44.4 Å². The number of aromatic nitrogens is 1. The summed E-state index contributed by atoms with van der Waals surface area (Å²) in [5.74, 6) is -0.252. The maximum Gasteiger partial charge on any atom is 0.265 e. The number of carbonyl (C=O) groups excluding carboxylic acids is 2. The minimum atomic E-state index is -0.301. The first-order valence-electron chi connectivity index (χ1n) is 6.06. The molecule has 112 valence electrons. The van der Waals surface area contributed by atoms with E-state index in [0.29, 0.717) is 36.2 Å². The Labute approximate surface area is 121 Å². The van der Waals surface area contributed by atoms with Crippen LogP contribution in [0.25, 0.3) is 0 Å². The Kier molecular flexibility index (Phi) is 6.74. The van der Waals surface area contributed by atoms with Gasteiger partial charge in [-0.05, 0) is 0 Å². The van der Waals surface area contributed by atoms with Crippen molar-refractivity contribution in [3.63, 3.8) is 0 Å². The maximum atomic E-state index is 11.9. The first kappa shape index (κ1) is 16.2. The van der Waals surface area contributed by atoms with Gasteiger partial charge >= 0.3 is 0 Å². The number of nitrogens with two attached hydrogens (primary N) is 1. The van der Waals surface area contributed by atoms with Crippen molar-refractivity contribution in [1.29, 1.82) is 0 Å². The van der Waals surface area contributed by atoms with Crippen LogP contribution < -0.4 is 21.7 Å². The Morgan fingerprint density at radius 3 is 2.65 bits per heavy atom. The molecule has 0 aliphatic carbocycles. The topological polar surface area (TPSA) is 118 Å². The summed E-state index contributed by atoms with van der Waals surface area (Å²) in [7, 11) is 1.60. The zero-order chi connectivity index (χ0) is 15.0. The number of ether oxygens (including phenoxy) is 1. The summed E-state index contributed by atoms with van der Waals surface area (Å²) in [6, 6.07) is 0. The van der Waals surface area contributed by atoms with Crippen molar-refractivity contribution in [2.45, 2.75) is 6.92 Å². The lowest BCUT2D eigenvalue weighted by molar-refractivity contribution is -0.118. The summed E-state index contributed by atoms with van der Waals surface area (Å²) in [4.78, 5) is 27.0. The molecule has 0 saturated heterocycles. The molecule has 1 heterocycles. The van der Waals surface area contributed by atoms with Gasteiger partial charge in [-0.25, -0.2) is 4.98 Å². The Morgan fingerprint density at radius 1 is 1.30 bits per heavy atom. The molecule has 9 heteroatoms. The van der Waals surface area contributed by atoms with E-state index in [9.17, 15) is 9.59 Å². The van der Waals surface area contributed by atoms with Crippen LogP contribution in [0, 0.1) is 0 Å². The number of nitrogen functional groups attached to an aromatic ring is 1. The molecule has 5 N–H and O–H groups in total. The van der Waals surface area contributed by atoms with Gasteiger partial charge in [0, 0.05) is 33.7 Å². The molecule has 0 aliphatic rings. The van der Waals surface area contributed by atoms with Gasteiger partial charge in [-0.15, -0.1) is 0 Å². The second-order valence-corrected chi connectivity index (χ2v) is 4.89. The first-order valence-corrected chi connectivity index (χ1v) is 6.88. The third-order valence-corrected chi connectivity index (χ3v) is 3.25. The van der Waals surface area contributed by atoms with Gasteiger partial charge in [0.1, 0.15) is 10.7 Å². The van der Waals surface area contributed by atoms with Crippen molar-refractivity contribution in [3.8, 4) is 0 Å². The van der Waals surface area contributed by atoms with Crippen LogP contribution in [0.5, 0.6) is 0 Å². The summed E-state index contributed by atoms with van der Waals surface area (Å²) in [5.41, 5.74) is 5.70. The zero-order valence-electron chi connectivity index (χ0n) is 11.5. The Balaban J connectivity index is 2.44. The molecule has 0 fully saturated rings. The normalized spacial score (nSPS) is 10.1. The third kappa shape index (κ3) is 5.41. The molecule has 0 bridgehead atoms. The number of hydrogen-bond acceptors (Lipinski definition) is 7. The van der Waals surface area contributed by atoms with Crippen LogP contribution in [0.2, 0.25) is 0 Å². The number of rotatable bonds is 8. The van der Waals surface area contributed by atoms with Crippen LogP contribution in [0.3, 0.4) is 0 Å². The predicted molar refractivity (Wildman–Crippen MR) is 77.9 cm³/mol. The summed E-state index contributed by atoms with van der Waals surface area (Å²) in [5, 5.41) is 8.83. The van der Waals surface area contributed by atoms with Crippen LogP contribution >= 0.6 is 11.3 Å². The molecule has 1 aromatic heterocycles. The molecular formula is C11H19N5O3S. The van der Waals surface area contributed by atoms with E-state index in [-0.39, 0.29) is 17.6 Å². The van der Waals surface area contributed by atoms with Crippen molar-refractivity contribution in [2.24, 2.45) is 0 Å². The van der Waals surface area contributed by atoms with Gasteiger partial charge in [-0.2, -0.15) is 0 Å². The molecule has 0 spiro atoms. The number of nitrogens with one attached hydrogen (secondary N) is 3. The van der Waals surface area contributed by atoms with Gasteiger partial charge in [0.15, 0.2) is 5.13 Å². The SMILES string of the molecule is COCCNc1nc(N)c(C(=O)NCCNC(C)=O)s1. The van der Waals surface area contributed by atoms with Crippen LogP contribution in [0.4, 0.5) is 10.9 Å². The van der Waals surface area contributed by atoms with E-state index in [2.05, 4.69) is 20.9 Å². The number of nitrogens with zero attached hydrogens (tertiary/aromatic N) is 1. The Hall–Kier alpha value is -1.87. The highest BCUT2D eigenvalue weighted by Gasteiger charge is 2.15. The lowest BCUT2D eigenvalue weighted by Gasteiger charge is -2.04. The fourth-order valence-electron chi connectivity index (χ4n) is 1.33. The smallest absolute Gasteiger partial charge is 0.265 e. The summed E-state index contributed by atoms with van der Waals surface area (Å²) < 4.78 is 4.90. The van der Waals surface area contributed by atoms with Crippen LogP contribution in [-0.2, 0) is 9.53 Å². The number of amides is 2. The molecule has 8 nitrogen and oxygen atoms in total. The average molecular weight is 301 g/mol. The highest BCUT2D eigenvalue weighted by molar-refractivity contribution is 7.18. The van der Waals surface area contributed by atoms with E-state index in [4.69, 9.17) is 10.5 Å². The minimum absolute atomic E-state index is 0.138. The monoisotopic (exact) mass is 301 g/mol. The predicted octanol–water partition coefficient (Wildman–Crippen LogP) is -0.350. The summed E-state index contributed by atoms with van der Waals surface area (Å²) >= 11 is 1.18. The van der Waals surface area contributed by atoms with E-state index < -0.39 is 0 Å². The number of carbonyl (C=O) groups is 2. The molecule has 0 unspecified atom stereocenters. The zero-order valence-corrected chi connectivity index (χ0v) is 12.3. The number of anilines is 2. The largest absolute Gasteiger partial charge is 0.383 e.